The molecule has 222 valence electrons. The fourth-order valence-electron chi connectivity index (χ4n) is 4.71. The lowest BCUT2D eigenvalue weighted by atomic mass is 9.95. The number of benzene rings is 3. The number of amides is 1. The zero-order chi connectivity index (χ0) is 30.6. The van der Waals surface area contributed by atoms with E-state index in [2.05, 4.69) is 10.2 Å². The van der Waals surface area contributed by atoms with Crippen molar-refractivity contribution in [2.45, 2.75) is 22.7 Å². The largest absolute Gasteiger partial charge is 0.503 e. The highest BCUT2D eigenvalue weighted by molar-refractivity contribution is 8.00. The number of hydrogen-bond donors (Lipinski definition) is 1. The molecule has 44 heavy (non-hydrogen) atoms. The summed E-state index contributed by atoms with van der Waals surface area (Å²) in [6, 6.07) is 24.3. The standard InChI is InChI=1S/C32H24ClN3O6S2/c1-40-25-16-20(13-14-23(25)42-17-19-8-3-2-4-9-19)27-26(28(37)24-12-7-15-41-24)29(38)30(39)36(27)31-34-35-32(44-31)43-18-21-10-5-6-11-22(21)33/h2-16,27,38H,17-18H2,1H3. The topological polar surface area (TPSA) is 115 Å². The molecule has 12 heteroatoms. The van der Waals surface area contributed by atoms with Crippen molar-refractivity contribution >= 4 is 51.5 Å². The predicted molar refractivity (Wildman–Crippen MR) is 168 cm³/mol. The van der Waals surface area contributed by atoms with Crippen LogP contribution in [0.3, 0.4) is 0 Å². The maximum absolute atomic E-state index is 13.6. The van der Waals surface area contributed by atoms with Gasteiger partial charge in [-0.05, 0) is 47.0 Å². The van der Waals surface area contributed by atoms with Gasteiger partial charge in [-0.2, -0.15) is 0 Å². The van der Waals surface area contributed by atoms with E-state index >= 15 is 0 Å². The Labute approximate surface area is 265 Å². The summed E-state index contributed by atoms with van der Waals surface area (Å²) < 4.78 is 17.6. The van der Waals surface area contributed by atoms with Gasteiger partial charge in [0, 0.05) is 10.8 Å². The first-order valence-corrected chi connectivity index (χ1v) is 15.5. The van der Waals surface area contributed by atoms with Crippen LogP contribution in [0.2, 0.25) is 5.02 Å². The molecule has 5 aromatic rings. The molecule has 0 bridgehead atoms. The molecule has 0 saturated carbocycles. The van der Waals surface area contributed by atoms with Crippen molar-refractivity contribution in [3.63, 3.8) is 0 Å². The number of carbonyl (C=O) groups excluding carboxylic acids is 2. The SMILES string of the molecule is COc1cc(C2C(C(=O)c3ccco3)=C(O)C(=O)N2c2nnc(SCc3ccccc3Cl)s2)ccc1OCc1ccccc1. The van der Waals surface area contributed by atoms with Crippen molar-refractivity contribution in [3.05, 3.63) is 130 Å². The highest BCUT2D eigenvalue weighted by Gasteiger charge is 2.47. The summed E-state index contributed by atoms with van der Waals surface area (Å²) in [6.07, 6.45) is 1.35. The van der Waals surface area contributed by atoms with Crippen LogP contribution < -0.4 is 14.4 Å². The fourth-order valence-corrected chi connectivity index (χ4v) is 6.87. The number of aromatic nitrogens is 2. The lowest BCUT2D eigenvalue weighted by Crippen LogP contribution is -2.31. The maximum atomic E-state index is 13.6. The molecule has 6 rings (SSSR count). The number of carbonyl (C=O) groups is 2. The number of ether oxygens (including phenoxy) is 2. The Balaban J connectivity index is 1.34. The molecule has 1 amide bonds. The van der Waals surface area contributed by atoms with Crippen LogP contribution in [0.1, 0.15) is 33.3 Å². The van der Waals surface area contributed by atoms with Gasteiger partial charge in [-0.15, -0.1) is 10.2 Å². The normalized spacial score (nSPS) is 14.7. The minimum absolute atomic E-state index is 0.0192. The van der Waals surface area contributed by atoms with E-state index in [1.807, 2.05) is 54.6 Å². The second kappa shape index (κ2) is 13.0. The molecular formula is C32H24ClN3O6S2. The van der Waals surface area contributed by atoms with E-state index in [1.165, 1.54) is 36.1 Å². The predicted octanol–water partition coefficient (Wildman–Crippen LogP) is 7.45. The molecule has 0 spiro atoms. The molecule has 9 nitrogen and oxygen atoms in total. The lowest BCUT2D eigenvalue weighted by Gasteiger charge is -2.24. The molecule has 0 fully saturated rings. The average Bonchev–Trinajstić information content (AvgIpc) is 3.81. The number of nitrogens with zero attached hydrogens (tertiary/aromatic N) is 3. The van der Waals surface area contributed by atoms with Crippen molar-refractivity contribution in [3.8, 4) is 11.5 Å². The van der Waals surface area contributed by atoms with Crippen LogP contribution in [0.4, 0.5) is 5.13 Å². The van der Waals surface area contributed by atoms with Crippen LogP contribution in [0.5, 0.6) is 11.5 Å². The van der Waals surface area contributed by atoms with Gasteiger partial charge in [0.1, 0.15) is 6.61 Å². The second-order valence-electron chi connectivity index (χ2n) is 9.56. The van der Waals surface area contributed by atoms with Gasteiger partial charge in [-0.1, -0.05) is 89.3 Å². The molecule has 1 atom stereocenters. The van der Waals surface area contributed by atoms with Crippen LogP contribution in [0, 0.1) is 0 Å². The van der Waals surface area contributed by atoms with Gasteiger partial charge in [0.05, 0.1) is 25.0 Å². The van der Waals surface area contributed by atoms with E-state index in [0.717, 1.165) is 22.5 Å². The highest BCUT2D eigenvalue weighted by Crippen LogP contribution is 2.45. The number of aliphatic hydroxyl groups is 1. The Morgan fingerprint density at radius 1 is 1.05 bits per heavy atom. The molecular weight excluding hydrogens is 622 g/mol. The Kier molecular flexibility index (Phi) is 8.69. The van der Waals surface area contributed by atoms with Crippen LogP contribution in [0.15, 0.2) is 111 Å². The number of rotatable bonds is 11. The number of ketones is 1. The summed E-state index contributed by atoms with van der Waals surface area (Å²) in [6.45, 7) is 0.312. The molecule has 3 heterocycles. The van der Waals surface area contributed by atoms with Gasteiger partial charge < -0.3 is 19.0 Å². The Morgan fingerprint density at radius 2 is 1.84 bits per heavy atom. The van der Waals surface area contributed by atoms with Crippen LogP contribution in [-0.2, 0) is 17.2 Å². The van der Waals surface area contributed by atoms with Crippen molar-refractivity contribution in [1.82, 2.24) is 10.2 Å². The molecule has 2 aromatic heterocycles. The van der Waals surface area contributed by atoms with Gasteiger partial charge in [0.2, 0.25) is 10.9 Å². The third-order valence-corrected chi connectivity index (χ3v) is 9.32. The summed E-state index contributed by atoms with van der Waals surface area (Å²) in [5, 5.41) is 20.4. The maximum Gasteiger partial charge on any atom is 0.296 e. The molecule has 1 aliphatic rings. The Hall–Kier alpha value is -4.58. The van der Waals surface area contributed by atoms with Gasteiger partial charge >= 0.3 is 0 Å². The number of thioether (sulfide) groups is 1. The molecule has 0 aliphatic carbocycles. The van der Waals surface area contributed by atoms with E-state index in [9.17, 15) is 14.7 Å². The van der Waals surface area contributed by atoms with E-state index in [1.54, 1.807) is 24.3 Å². The number of Topliss-reactive ketones (excluding diaryl/α,β-unsaturated/α-hetero) is 1. The molecule has 0 radical (unpaired) electrons. The van der Waals surface area contributed by atoms with E-state index in [-0.39, 0.29) is 16.5 Å². The third kappa shape index (κ3) is 5.94. The minimum atomic E-state index is -1.05. The number of aliphatic hydroxyl groups excluding tert-OH is 1. The summed E-state index contributed by atoms with van der Waals surface area (Å²) in [5.41, 5.74) is 2.25. The lowest BCUT2D eigenvalue weighted by molar-refractivity contribution is -0.117. The number of anilines is 1. The van der Waals surface area contributed by atoms with Gasteiger partial charge in [-0.3, -0.25) is 14.5 Å². The van der Waals surface area contributed by atoms with E-state index in [4.69, 9.17) is 25.5 Å². The smallest absolute Gasteiger partial charge is 0.296 e. The third-order valence-electron chi connectivity index (χ3n) is 6.85. The van der Waals surface area contributed by atoms with Gasteiger partial charge in [-0.25, -0.2) is 0 Å². The van der Waals surface area contributed by atoms with Crippen molar-refractivity contribution in [1.29, 1.82) is 0 Å². The zero-order valence-corrected chi connectivity index (χ0v) is 25.6. The Bertz CT molecular complexity index is 1840. The van der Waals surface area contributed by atoms with E-state index < -0.39 is 23.5 Å². The quantitative estimate of drug-likeness (QED) is 0.0888. The average molecular weight is 646 g/mol. The number of furan rings is 1. The number of methoxy groups -OCH3 is 1. The number of hydrogen-bond acceptors (Lipinski definition) is 10. The van der Waals surface area contributed by atoms with E-state index in [0.29, 0.717) is 38.8 Å². The first kappa shape index (κ1) is 29.5. The van der Waals surface area contributed by atoms with Crippen LogP contribution in [0.25, 0.3) is 0 Å². The highest BCUT2D eigenvalue weighted by atomic mass is 35.5. The van der Waals surface area contributed by atoms with Crippen LogP contribution in [-0.4, -0.2) is 34.1 Å². The summed E-state index contributed by atoms with van der Waals surface area (Å²) in [7, 11) is 1.50. The fraction of sp³-hybridized carbons (Fsp3) is 0.125. The molecule has 3 aromatic carbocycles. The molecule has 1 N–H and O–H groups in total. The molecule has 1 aliphatic heterocycles. The zero-order valence-electron chi connectivity index (χ0n) is 23.2. The summed E-state index contributed by atoms with van der Waals surface area (Å²) >= 11 is 8.88. The van der Waals surface area contributed by atoms with Gasteiger partial charge in [0.15, 0.2) is 27.4 Å². The number of halogens is 1. The van der Waals surface area contributed by atoms with Crippen molar-refractivity contribution < 1.29 is 28.6 Å². The molecule has 0 saturated heterocycles. The van der Waals surface area contributed by atoms with Crippen molar-refractivity contribution in [2.75, 3.05) is 12.0 Å². The first-order chi connectivity index (χ1) is 21.4. The summed E-state index contributed by atoms with van der Waals surface area (Å²) in [5.74, 6) is -0.734. The second-order valence-corrected chi connectivity index (χ2v) is 12.1. The minimum Gasteiger partial charge on any atom is -0.503 e. The first-order valence-electron chi connectivity index (χ1n) is 13.3. The molecule has 1 unspecified atom stereocenters. The van der Waals surface area contributed by atoms with Gasteiger partial charge in [0.25, 0.3) is 5.91 Å². The van der Waals surface area contributed by atoms with Crippen molar-refractivity contribution in [2.24, 2.45) is 0 Å². The summed E-state index contributed by atoms with van der Waals surface area (Å²) in [4.78, 5) is 28.5. The monoisotopic (exact) mass is 645 g/mol. The van der Waals surface area contributed by atoms with Crippen LogP contribution >= 0.6 is 34.7 Å². The Morgan fingerprint density at radius 3 is 2.59 bits per heavy atom.